The Labute approximate surface area is 202 Å². The Kier molecular flexibility index (Phi) is 4.67. The summed E-state index contributed by atoms with van der Waals surface area (Å²) in [5, 5.41) is 0. The third kappa shape index (κ3) is 2.69. The fraction of sp³-hybridized carbons (Fsp3) is 0.214. The molecule has 3 heterocycles. The molecule has 0 aliphatic carbocycles. The number of benzene rings is 3. The van der Waals surface area contributed by atoms with Crippen LogP contribution in [0.25, 0.3) is 11.3 Å². The summed E-state index contributed by atoms with van der Waals surface area (Å²) in [7, 11) is 0. The smallest absolute Gasteiger partial charge is 0.0432 e. The molecule has 0 N–H and O–H groups in total. The second kappa shape index (κ2) is 7.10. The van der Waals surface area contributed by atoms with E-state index in [0.29, 0.717) is 0 Å². The van der Waals surface area contributed by atoms with E-state index in [4.69, 9.17) is 0 Å². The minimum absolute atomic E-state index is 0. The Hall–Kier alpha value is -2.81. The second-order valence-electron chi connectivity index (χ2n) is 9.53. The number of para-hydroxylation sites is 2. The first-order valence-electron chi connectivity index (χ1n) is 10.8. The van der Waals surface area contributed by atoms with Gasteiger partial charge in [-0.3, -0.25) is 4.98 Å². The van der Waals surface area contributed by atoms with Crippen molar-refractivity contribution in [3.63, 3.8) is 0 Å². The third-order valence-electron chi connectivity index (χ3n) is 7.04. The predicted octanol–water partition coefficient (Wildman–Crippen LogP) is 6.69. The van der Waals surface area contributed by atoms with Crippen molar-refractivity contribution in [3.05, 3.63) is 102 Å². The standard InChI is InChI=1S/C28H24N3.Ir/c1-27(2)19-9-5-7-11-24(19)31-25-12-8-6-10-20(25)28(3,4)22-16-18(15-21(27)26(22)31)23-17-29-13-14-30-23;/h5-15,17H,1-4H3;/q-1;. The predicted molar refractivity (Wildman–Crippen MR) is 125 cm³/mol. The van der Waals surface area contributed by atoms with Crippen molar-refractivity contribution in [2.45, 2.75) is 38.5 Å². The van der Waals surface area contributed by atoms with Gasteiger partial charge in [-0.05, 0) is 28.9 Å². The SMILES string of the molecule is CC1(C)c2[c-]c(-c3cnccn3)cc3c2N(c2ccccc21)c1ccccc1C3(C)C.[Ir]. The molecule has 0 unspecified atom stereocenters. The van der Waals surface area contributed by atoms with Gasteiger partial charge >= 0.3 is 0 Å². The summed E-state index contributed by atoms with van der Waals surface area (Å²) in [6.45, 7) is 9.27. The number of aromatic nitrogens is 2. The minimum Gasteiger partial charge on any atom is -0.351 e. The molecule has 0 bridgehead atoms. The maximum absolute atomic E-state index is 4.59. The number of hydrogen-bond donors (Lipinski definition) is 0. The molecule has 4 heteroatoms. The summed E-state index contributed by atoms with van der Waals surface area (Å²) < 4.78 is 0. The fourth-order valence-electron chi connectivity index (χ4n) is 5.36. The summed E-state index contributed by atoms with van der Waals surface area (Å²) in [5.74, 6) is 0. The zero-order valence-electron chi connectivity index (χ0n) is 18.6. The van der Waals surface area contributed by atoms with Gasteiger partial charge in [-0.25, -0.2) is 0 Å². The topological polar surface area (TPSA) is 29.0 Å². The monoisotopic (exact) mass is 595 g/mol. The van der Waals surface area contributed by atoms with Gasteiger partial charge in [-0.1, -0.05) is 75.2 Å². The molecule has 4 aromatic rings. The van der Waals surface area contributed by atoms with Crippen molar-refractivity contribution in [2.75, 3.05) is 4.90 Å². The quantitative estimate of drug-likeness (QED) is 0.230. The largest absolute Gasteiger partial charge is 0.351 e. The van der Waals surface area contributed by atoms with Gasteiger partial charge in [0.2, 0.25) is 0 Å². The van der Waals surface area contributed by atoms with E-state index in [9.17, 15) is 0 Å². The van der Waals surface area contributed by atoms with Crippen LogP contribution in [0, 0.1) is 6.07 Å². The van der Waals surface area contributed by atoms with E-state index in [-0.39, 0.29) is 30.9 Å². The summed E-state index contributed by atoms with van der Waals surface area (Å²) in [4.78, 5) is 11.3. The summed E-state index contributed by atoms with van der Waals surface area (Å²) in [5.41, 5.74) is 10.5. The van der Waals surface area contributed by atoms with Crippen molar-refractivity contribution in [2.24, 2.45) is 0 Å². The van der Waals surface area contributed by atoms with Crippen LogP contribution in [0.15, 0.2) is 73.2 Å². The van der Waals surface area contributed by atoms with Gasteiger partial charge in [0, 0.05) is 66.6 Å². The zero-order chi connectivity index (χ0) is 21.4. The Morgan fingerprint density at radius 2 is 1.41 bits per heavy atom. The van der Waals surface area contributed by atoms with Crippen LogP contribution in [0.1, 0.15) is 49.9 Å². The molecule has 6 rings (SSSR count). The van der Waals surface area contributed by atoms with Gasteiger partial charge in [0.05, 0.1) is 0 Å². The maximum atomic E-state index is 4.59. The van der Waals surface area contributed by atoms with Crippen molar-refractivity contribution in [1.82, 2.24) is 9.97 Å². The molecule has 161 valence electrons. The molecule has 0 amide bonds. The van der Waals surface area contributed by atoms with Crippen LogP contribution >= 0.6 is 0 Å². The fourth-order valence-corrected chi connectivity index (χ4v) is 5.36. The molecule has 3 aromatic carbocycles. The molecule has 2 aliphatic rings. The Morgan fingerprint density at radius 3 is 2.03 bits per heavy atom. The molecule has 2 aliphatic heterocycles. The number of hydrogen-bond acceptors (Lipinski definition) is 3. The molecule has 0 fully saturated rings. The van der Waals surface area contributed by atoms with Gasteiger partial charge < -0.3 is 9.88 Å². The third-order valence-corrected chi connectivity index (χ3v) is 7.04. The molecular formula is C28H24IrN3-. The van der Waals surface area contributed by atoms with E-state index in [1.807, 2.05) is 6.20 Å². The van der Waals surface area contributed by atoms with Gasteiger partial charge in [0.1, 0.15) is 0 Å². The minimum atomic E-state index is -0.183. The van der Waals surface area contributed by atoms with E-state index >= 15 is 0 Å². The average Bonchev–Trinajstić information content (AvgIpc) is 2.79. The van der Waals surface area contributed by atoms with Crippen molar-refractivity contribution in [1.29, 1.82) is 0 Å². The van der Waals surface area contributed by atoms with Gasteiger partial charge in [0.25, 0.3) is 0 Å². The Morgan fingerprint density at radius 1 is 0.781 bits per heavy atom. The maximum Gasteiger partial charge on any atom is 0.0432 e. The first-order valence-corrected chi connectivity index (χ1v) is 10.8. The van der Waals surface area contributed by atoms with Crippen molar-refractivity contribution >= 4 is 17.1 Å². The van der Waals surface area contributed by atoms with Crippen LogP contribution in [-0.2, 0) is 30.9 Å². The first-order chi connectivity index (χ1) is 14.9. The number of anilines is 3. The van der Waals surface area contributed by atoms with E-state index in [1.165, 1.54) is 39.3 Å². The van der Waals surface area contributed by atoms with Crippen LogP contribution in [-0.4, -0.2) is 9.97 Å². The summed E-state index contributed by atoms with van der Waals surface area (Å²) in [6, 6.07) is 23.6. The molecule has 32 heavy (non-hydrogen) atoms. The molecule has 1 radical (unpaired) electrons. The molecule has 0 spiro atoms. The van der Waals surface area contributed by atoms with Gasteiger partial charge in [0.15, 0.2) is 0 Å². The van der Waals surface area contributed by atoms with Crippen molar-refractivity contribution in [3.8, 4) is 11.3 Å². The summed E-state index contributed by atoms with van der Waals surface area (Å²) >= 11 is 0. The van der Waals surface area contributed by atoms with Gasteiger partial charge in [-0.15, -0.1) is 17.7 Å². The summed E-state index contributed by atoms with van der Waals surface area (Å²) in [6.07, 6.45) is 5.30. The van der Waals surface area contributed by atoms with Crippen LogP contribution in [0.3, 0.4) is 0 Å². The second-order valence-corrected chi connectivity index (χ2v) is 9.53. The molecule has 0 atom stereocenters. The Bertz CT molecular complexity index is 1260. The number of fused-ring (bicyclic) bond motifs is 4. The zero-order valence-corrected chi connectivity index (χ0v) is 21.0. The van der Waals surface area contributed by atoms with E-state index < -0.39 is 0 Å². The van der Waals surface area contributed by atoms with Crippen LogP contribution in [0.2, 0.25) is 0 Å². The van der Waals surface area contributed by atoms with Gasteiger partial charge in [-0.2, -0.15) is 0 Å². The molecule has 1 aromatic heterocycles. The normalized spacial score (nSPS) is 16.3. The Balaban J connectivity index is 0.00000216. The van der Waals surface area contributed by atoms with Crippen LogP contribution in [0.5, 0.6) is 0 Å². The first kappa shape index (κ1) is 21.1. The average molecular weight is 595 g/mol. The molecule has 0 saturated heterocycles. The molecule has 3 nitrogen and oxygen atoms in total. The molecule has 0 saturated carbocycles. The van der Waals surface area contributed by atoms with Crippen LogP contribution < -0.4 is 4.90 Å². The van der Waals surface area contributed by atoms with E-state index in [2.05, 4.69) is 103 Å². The van der Waals surface area contributed by atoms with E-state index in [0.717, 1.165) is 11.3 Å². The van der Waals surface area contributed by atoms with Crippen LogP contribution in [0.4, 0.5) is 17.1 Å². The van der Waals surface area contributed by atoms with Crippen molar-refractivity contribution < 1.29 is 20.1 Å². The number of rotatable bonds is 1. The van der Waals surface area contributed by atoms with E-state index in [1.54, 1.807) is 12.4 Å². The molecular weight excluding hydrogens is 571 g/mol. The number of nitrogens with zero attached hydrogens (tertiary/aromatic N) is 3.